The average molecular weight is 494 g/mol. The molecule has 1 aliphatic rings. The summed E-state index contributed by atoms with van der Waals surface area (Å²) in [5, 5.41) is 2.98. The van der Waals surface area contributed by atoms with E-state index in [1.807, 2.05) is 53.5 Å². The fraction of sp³-hybridized carbons (Fsp3) is 0.214. The van der Waals surface area contributed by atoms with Gasteiger partial charge >= 0.3 is 0 Å². The van der Waals surface area contributed by atoms with Crippen LogP contribution >= 0.6 is 0 Å². The molecule has 0 atom stereocenters. The van der Waals surface area contributed by atoms with Gasteiger partial charge in [0, 0.05) is 42.3 Å². The highest BCUT2D eigenvalue weighted by molar-refractivity contribution is 6.05. The molecule has 1 fully saturated rings. The number of rotatable bonds is 4. The van der Waals surface area contributed by atoms with Crippen molar-refractivity contribution in [2.45, 2.75) is 20.8 Å². The van der Waals surface area contributed by atoms with Gasteiger partial charge in [-0.05, 0) is 50.5 Å². The minimum Gasteiger partial charge on any atom is -0.382 e. The van der Waals surface area contributed by atoms with E-state index in [0.717, 1.165) is 22.4 Å². The number of nitrogens with zero attached hydrogens (tertiary/aromatic N) is 5. The third kappa shape index (κ3) is 4.57. The van der Waals surface area contributed by atoms with E-state index in [1.54, 1.807) is 36.4 Å². The van der Waals surface area contributed by atoms with Gasteiger partial charge in [0.25, 0.3) is 11.8 Å². The van der Waals surface area contributed by atoms with Gasteiger partial charge < -0.3 is 20.9 Å². The van der Waals surface area contributed by atoms with E-state index in [1.165, 1.54) is 0 Å². The zero-order chi connectivity index (χ0) is 26.1. The molecule has 4 aromatic rings. The zero-order valence-corrected chi connectivity index (χ0v) is 20.9. The molecule has 37 heavy (non-hydrogen) atoms. The number of imidazole rings is 1. The second-order valence-corrected chi connectivity index (χ2v) is 8.99. The van der Waals surface area contributed by atoms with Crippen molar-refractivity contribution in [2.24, 2.45) is 0 Å². The summed E-state index contributed by atoms with van der Waals surface area (Å²) in [6.07, 6.45) is 3.43. The van der Waals surface area contributed by atoms with Gasteiger partial charge in [0.1, 0.15) is 17.0 Å². The molecule has 5 rings (SSSR count). The summed E-state index contributed by atoms with van der Waals surface area (Å²) in [7, 11) is 0. The lowest BCUT2D eigenvalue weighted by Gasteiger charge is -2.17. The molecular formula is C28H27N7O2. The number of nitrogen functional groups attached to an aromatic ring is 1. The normalized spacial score (nSPS) is 12.9. The van der Waals surface area contributed by atoms with Crippen molar-refractivity contribution in [1.29, 1.82) is 0 Å². The molecule has 0 bridgehead atoms. The van der Waals surface area contributed by atoms with Gasteiger partial charge in [-0.2, -0.15) is 0 Å². The smallest absolute Gasteiger partial charge is 0.299 e. The van der Waals surface area contributed by atoms with E-state index in [9.17, 15) is 9.59 Å². The van der Waals surface area contributed by atoms with Crippen LogP contribution in [-0.4, -0.2) is 50.8 Å². The summed E-state index contributed by atoms with van der Waals surface area (Å²) in [4.78, 5) is 38.0. The molecule has 0 spiro atoms. The second-order valence-electron chi connectivity index (χ2n) is 8.99. The molecule has 9 nitrogen and oxygen atoms in total. The van der Waals surface area contributed by atoms with Gasteiger partial charge in [-0.1, -0.05) is 35.7 Å². The Balaban J connectivity index is 1.44. The Hall–Kier alpha value is -4.84. The quantitative estimate of drug-likeness (QED) is 0.422. The van der Waals surface area contributed by atoms with Crippen LogP contribution in [0.3, 0.4) is 0 Å². The first kappa shape index (κ1) is 23.9. The fourth-order valence-corrected chi connectivity index (χ4v) is 4.50. The highest BCUT2D eigenvalue weighted by Crippen LogP contribution is 2.32. The molecule has 0 unspecified atom stereocenters. The van der Waals surface area contributed by atoms with Crippen LogP contribution < -0.4 is 16.0 Å². The van der Waals surface area contributed by atoms with Crippen molar-refractivity contribution in [3.05, 3.63) is 71.5 Å². The molecular weight excluding hydrogens is 466 g/mol. The summed E-state index contributed by atoms with van der Waals surface area (Å²) in [6, 6.07) is 13.2. The van der Waals surface area contributed by atoms with Gasteiger partial charge in [0.05, 0.1) is 6.67 Å². The number of carbonyl (C=O) groups excluding carboxylic acids is 2. The first-order chi connectivity index (χ1) is 17.9. The third-order valence-corrected chi connectivity index (χ3v) is 6.40. The van der Waals surface area contributed by atoms with Crippen molar-refractivity contribution in [2.75, 3.05) is 35.7 Å². The van der Waals surface area contributed by atoms with Gasteiger partial charge in [0.15, 0.2) is 0 Å². The summed E-state index contributed by atoms with van der Waals surface area (Å²) in [5.41, 5.74) is 11.9. The van der Waals surface area contributed by atoms with Crippen LogP contribution in [-0.2, 0) is 4.79 Å². The first-order valence-corrected chi connectivity index (χ1v) is 11.9. The minimum absolute atomic E-state index is 0.188. The Morgan fingerprint density at radius 1 is 1.08 bits per heavy atom. The number of nitrogens with two attached hydrogens (primary N) is 1. The van der Waals surface area contributed by atoms with Crippen molar-refractivity contribution < 1.29 is 9.59 Å². The molecule has 3 N–H and O–H groups in total. The maximum absolute atomic E-state index is 12.9. The number of hydrogen-bond donors (Lipinski definition) is 2. The Kier molecular flexibility index (Phi) is 6.24. The molecule has 1 aliphatic heterocycles. The Bertz CT molecular complexity index is 1580. The predicted molar refractivity (Wildman–Crippen MR) is 144 cm³/mol. The molecule has 0 radical (unpaired) electrons. The second kappa shape index (κ2) is 9.66. The lowest BCUT2D eigenvalue weighted by molar-refractivity contribution is -0.124. The Morgan fingerprint density at radius 3 is 2.59 bits per heavy atom. The summed E-state index contributed by atoms with van der Waals surface area (Å²) in [6.45, 7) is 7.20. The van der Waals surface area contributed by atoms with Crippen molar-refractivity contribution in [3.8, 4) is 23.1 Å². The molecule has 2 aromatic heterocycles. The Morgan fingerprint density at radius 2 is 1.86 bits per heavy atom. The molecule has 3 heterocycles. The van der Waals surface area contributed by atoms with Crippen LogP contribution in [0.2, 0.25) is 0 Å². The molecule has 2 aromatic carbocycles. The summed E-state index contributed by atoms with van der Waals surface area (Å²) in [5.74, 6) is 5.86. The van der Waals surface area contributed by atoms with Crippen LogP contribution in [0.25, 0.3) is 16.8 Å². The van der Waals surface area contributed by atoms with Crippen molar-refractivity contribution in [3.63, 3.8) is 0 Å². The van der Waals surface area contributed by atoms with Gasteiger partial charge in [0.2, 0.25) is 5.95 Å². The van der Waals surface area contributed by atoms with E-state index in [4.69, 9.17) is 10.7 Å². The molecule has 1 saturated heterocycles. The fourth-order valence-electron chi connectivity index (χ4n) is 4.50. The lowest BCUT2D eigenvalue weighted by Crippen LogP contribution is -2.30. The molecule has 9 heteroatoms. The van der Waals surface area contributed by atoms with Crippen LogP contribution in [0.15, 0.2) is 54.9 Å². The van der Waals surface area contributed by atoms with Crippen LogP contribution in [0.4, 0.5) is 17.5 Å². The monoisotopic (exact) mass is 493 g/mol. The van der Waals surface area contributed by atoms with Crippen LogP contribution in [0.5, 0.6) is 0 Å². The molecule has 0 saturated carbocycles. The topological polar surface area (TPSA) is 109 Å². The van der Waals surface area contributed by atoms with E-state index >= 15 is 0 Å². The van der Waals surface area contributed by atoms with Crippen LogP contribution in [0.1, 0.15) is 28.4 Å². The number of benzene rings is 2. The highest BCUT2D eigenvalue weighted by atomic mass is 16.2. The number of aromatic nitrogens is 3. The number of hydrogen-bond acceptors (Lipinski definition) is 6. The number of aryl methyl sites for hydroxylation is 2. The number of nitrogens with one attached hydrogen (secondary N) is 1. The lowest BCUT2D eigenvalue weighted by atomic mass is 10.1. The number of fused-ring (bicyclic) bond motifs is 1. The molecule has 2 amide bonds. The predicted octanol–water partition coefficient (Wildman–Crippen LogP) is 3.48. The van der Waals surface area contributed by atoms with Gasteiger partial charge in [-0.3, -0.25) is 14.0 Å². The molecule has 186 valence electrons. The number of anilines is 3. The summed E-state index contributed by atoms with van der Waals surface area (Å²) < 4.78 is 1.89. The van der Waals surface area contributed by atoms with E-state index in [0.29, 0.717) is 48.3 Å². The van der Waals surface area contributed by atoms with Gasteiger partial charge in [-0.25, -0.2) is 9.97 Å². The maximum Gasteiger partial charge on any atom is 0.299 e. The zero-order valence-electron chi connectivity index (χ0n) is 20.9. The SMILES string of the molecule is CC#CC(=O)N1CCN(c2nc(-c3ccc(C(=O)Nc4ccc(C)cc4C)cc3)c3c(N)nccn23)C1. The average Bonchev–Trinajstić information content (AvgIpc) is 3.52. The largest absolute Gasteiger partial charge is 0.382 e. The molecule has 0 aliphatic carbocycles. The minimum atomic E-state index is -0.207. The maximum atomic E-state index is 12.9. The highest BCUT2D eigenvalue weighted by Gasteiger charge is 2.28. The number of carbonyl (C=O) groups is 2. The van der Waals surface area contributed by atoms with Crippen molar-refractivity contribution >= 4 is 34.8 Å². The van der Waals surface area contributed by atoms with E-state index in [-0.39, 0.29) is 11.8 Å². The Labute approximate surface area is 214 Å². The van der Waals surface area contributed by atoms with Gasteiger partial charge in [-0.15, -0.1) is 0 Å². The first-order valence-electron chi connectivity index (χ1n) is 11.9. The standard InChI is InChI=1S/C28H27N7O2/c1-4-5-23(36)33-14-15-34(17-33)28-32-24(25-26(29)30-12-13-35(25)28)20-7-9-21(10-8-20)27(37)31-22-11-6-18(2)16-19(22)3/h6-13,16H,14-15,17H2,1-3H3,(H2,29,30)(H,31,37). The third-order valence-electron chi connectivity index (χ3n) is 6.40. The van der Waals surface area contributed by atoms with Crippen LogP contribution in [0, 0.1) is 25.7 Å². The van der Waals surface area contributed by atoms with E-state index in [2.05, 4.69) is 22.1 Å². The van der Waals surface area contributed by atoms with E-state index < -0.39 is 0 Å². The summed E-state index contributed by atoms with van der Waals surface area (Å²) >= 11 is 0. The number of amides is 2. The van der Waals surface area contributed by atoms with Crippen molar-refractivity contribution in [1.82, 2.24) is 19.3 Å².